The van der Waals surface area contributed by atoms with Gasteiger partial charge in [0, 0.05) is 18.6 Å². The average molecular weight is 267 g/mol. The van der Waals surface area contributed by atoms with Gasteiger partial charge in [-0.1, -0.05) is 39.5 Å². The Hall–Kier alpha value is -0.570. The summed E-state index contributed by atoms with van der Waals surface area (Å²) in [5.41, 5.74) is 0. The van der Waals surface area contributed by atoms with Crippen LogP contribution in [0.2, 0.25) is 0 Å². The Labute approximate surface area is 117 Å². The first-order chi connectivity index (χ1) is 9.24. The highest BCUT2D eigenvalue weighted by atomic mass is 16.5. The maximum Gasteiger partial charge on any atom is 0.223 e. The van der Waals surface area contributed by atoms with Crippen LogP contribution in [0.25, 0.3) is 0 Å². The van der Waals surface area contributed by atoms with Crippen LogP contribution in [0.4, 0.5) is 0 Å². The summed E-state index contributed by atoms with van der Waals surface area (Å²) in [5.74, 6) is 1.23. The Morgan fingerprint density at radius 2 is 1.89 bits per heavy atom. The molecule has 1 aliphatic carbocycles. The second-order valence-electron chi connectivity index (χ2n) is 6.20. The zero-order valence-electron chi connectivity index (χ0n) is 12.5. The number of hydrogen-bond acceptors (Lipinski definition) is 2. The first-order valence-corrected chi connectivity index (χ1v) is 8.16. The second-order valence-corrected chi connectivity index (χ2v) is 6.20. The van der Waals surface area contributed by atoms with Gasteiger partial charge in [-0.3, -0.25) is 4.79 Å². The quantitative estimate of drug-likeness (QED) is 0.830. The van der Waals surface area contributed by atoms with Crippen molar-refractivity contribution in [3.05, 3.63) is 0 Å². The summed E-state index contributed by atoms with van der Waals surface area (Å²) in [5, 5.41) is 3.27. The van der Waals surface area contributed by atoms with Gasteiger partial charge >= 0.3 is 0 Å². The van der Waals surface area contributed by atoms with Gasteiger partial charge in [0.1, 0.15) is 0 Å². The minimum Gasteiger partial charge on any atom is -0.378 e. The number of amides is 1. The van der Waals surface area contributed by atoms with E-state index in [-0.39, 0.29) is 5.92 Å². The lowest BCUT2D eigenvalue weighted by Crippen LogP contribution is -2.45. The lowest BCUT2D eigenvalue weighted by atomic mass is 9.89. The smallest absolute Gasteiger partial charge is 0.223 e. The molecule has 2 aliphatic rings. The van der Waals surface area contributed by atoms with E-state index in [1.807, 2.05) is 0 Å². The molecule has 2 fully saturated rings. The van der Waals surface area contributed by atoms with Crippen LogP contribution >= 0.6 is 0 Å². The maximum atomic E-state index is 12.2. The molecular formula is C16H29NO2. The molecule has 1 N–H and O–H groups in total. The Bertz CT molecular complexity index is 282. The zero-order chi connectivity index (χ0) is 13.7. The topological polar surface area (TPSA) is 38.3 Å². The Morgan fingerprint density at radius 1 is 1.21 bits per heavy atom. The van der Waals surface area contributed by atoms with Crippen molar-refractivity contribution in [2.75, 3.05) is 6.61 Å². The van der Waals surface area contributed by atoms with Gasteiger partial charge in [-0.25, -0.2) is 0 Å². The first kappa shape index (κ1) is 14.8. The molecule has 2 atom stereocenters. The van der Waals surface area contributed by atoms with Gasteiger partial charge in [0.05, 0.1) is 6.10 Å². The monoisotopic (exact) mass is 267 g/mol. The highest BCUT2D eigenvalue weighted by Gasteiger charge is 2.30. The summed E-state index contributed by atoms with van der Waals surface area (Å²) >= 11 is 0. The molecule has 1 saturated carbocycles. The number of carbonyl (C=O) groups is 1. The van der Waals surface area contributed by atoms with Gasteiger partial charge < -0.3 is 10.1 Å². The number of carbonyl (C=O) groups excluding carboxylic acids is 1. The molecule has 0 bridgehead atoms. The highest BCUT2D eigenvalue weighted by molar-refractivity contribution is 5.79. The van der Waals surface area contributed by atoms with Gasteiger partial charge in [0.15, 0.2) is 0 Å². The fourth-order valence-electron chi connectivity index (χ4n) is 3.61. The van der Waals surface area contributed by atoms with Crippen molar-refractivity contribution in [1.82, 2.24) is 5.32 Å². The molecule has 0 aromatic rings. The van der Waals surface area contributed by atoms with Crippen LogP contribution in [0.3, 0.4) is 0 Å². The van der Waals surface area contributed by atoms with Crippen molar-refractivity contribution in [2.45, 2.75) is 77.4 Å². The molecule has 0 unspecified atom stereocenters. The predicted molar refractivity (Wildman–Crippen MR) is 76.9 cm³/mol. The molecule has 1 heterocycles. The van der Waals surface area contributed by atoms with Gasteiger partial charge in [0.2, 0.25) is 5.91 Å². The summed E-state index contributed by atoms with van der Waals surface area (Å²) in [6.07, 6.45) is 9.30. The van der Waals surface area contributed by atoms with Crippen LogP contribution in [0.1, 0.15) is 65.2 Å². The molecule has 0 aromatic heterocycles. The fraction of sp³-hybridized carbons (Fsp3) is 0.938. The molecule has 2 rings (SSSR count). The van der Waals surface area contributed by atoms with E-state index in [4.69, 9.17) is 4.74 Å². The Balaban J connectivity index is 1.81. The summed E-state index contributed by atoms with van der Waals surface area (Å²) < 4.78 is 5.91. The largest absolute Gasteiger partial charge is 0.378 e. The van der Waals surface area contributed by atoms with Crippen LogP contribution in [-0.4, -0.2) is 24.7 Å². The third kappa shape index (κ3) is 3.95. The van der Waals surface area contributed by atoms with E-state index >= 15 is 0 Å². The summed E-state index contributed by atoms with van der Waals surface area (Å²) in [6, 6.07) is 0.340. The van der Waals surface area contributed by atoms with Gasteiger partial charge in [-0.05, 0) is 31.6 Å². The van der Waals surface area contributed by atoms with E-state index in [9.17, 15) is 4.79 Å². The molecule has 19 heavy (non-hydrogen) atoms. The van der Waals surface area contributed by atoms with Gasteiger partial charge in [0.25, 0.3) is 0 Å². The third-order valence-electron chi connectivity index (χ3n) is 4.96. The summed E-state index contributed by atoms with van der Waals surface area (Å²) in [4.78, 5) is 12.2. The molecule has 0 radical (unpaired) electrons. The van der Waals surface area contributed by atoms with E-state index in [1.54, 1.807) is 0 Å². The molecule has 110 valence electrons. The molecule has 1 amide bonds. The minimum atomic E-state index is 0.287. The van der Waals surface area contributed by atoms with Crippen LogP contribution in [-0.2, 0) is 9.53 Å². The van der Waals surface area contributed by atoms with Crippen molar-refractivity contribution >= 4 is 5.91 Å². The molecule has 0 spiro atoms. The lowest BCUT2D eigenvalue weighted by Gasteiger charge is -2.34. The molecule has 1 aliphatic heterocycles. The van der Waals surface area contributed by atoms with Crippen LogP contribution in [0, 0.1) is 11.8 Å². The standard InChI is InChI=1S/C16H29NO2/c1-3-12(4-2)15-11-14(9-10-19-15)17-16(18)13-7-5-6-8-13/h12-15H,3-11H2,1-2H3,(H,17,18)/t14-,15-/m1/s1. The first-order valence-electron chi connectivity index (χ1n) is 8.16. The third-order valence-corrected chi connectivity index (χ3v) is 4.96. The molecule has 0 aromatic carbocycles. The van der Waals surface area contributed by atoms with Gasteiger partial charge in [-0.2, -0.15) is 0 Å². The van der Waals surface area contributed by atoms with Crippen molar-refractivity contribution < 1.29 is 9.53 Å². The average Bonchev–Trinajstić information content (AvgIpc) is 2.94. The number of ether oxygens (including phenoxy) is 1. The van der Waals surface area contributed by atoms with E-state index < -0.39 is 0 Å². The molecule has 3 nitrogen and oxygen atoms in total. The van der Waals surface area contributed by atoms with Crippen molar-refractivity contribution in [2.24, 2.45) is 11.8 Å². The highest BCUT2D eigenvalue weighted by Crippen LogP contribution is 2.27. The van der Waals surface area contributed by atoms with E-state index in [0.29, 0.717) is 24.0 Å². The van der Waals surface area contributed by atoms with E-state index in [0.717, 1.165) is 32.3 Å². The molecule has 1 saturated heterocycles. The second kappa shape index (κ2) is 7.28. The Morgan fingerprint density at radius 3 is 2.53 bits per heavy atom. The van der Waals surface area contributed by atoms with Gasteiger partial charge in [-0.15, -0.1) is 0 Å². The van der Waals surface area contributed by atoms with Crippen LogP contribution in [0.5, 0.6) is 0 Å². The SMILES string of the molecule is CCC(CC)[C@H]1C[C@H](NC(=O)C2CCCC2)CCO1. The lowest BCUT2D eigenvalue weighted by molar-refractivity contribution is -0.127. The zero-order valence-corrected chi connectivity index (χ0v) is 12.5. The number of nitrogens with one attached hydrogen (secondary N) is 1. The minimum absolute atomic E-state index is 0.287. The number of rotatable bonds is 5. The normalized spacial score (nSPS) is 28.8. The number of hydrogen-bond donors (Lipinski definition) is 1. The van der Waals surface area contributed by atoms with Crippen molar-refractivity contribution in [3.63, 3.8) is 0 Å². The van der Waals surface area contributed by atoms with Crippen LogP contribution in [0.15, 0.2) is 0 Å². The van der Waals surface area contributed by atoms with Crippen LogP contribution < -0.4 is 5.32 Å². The predicted octanol–water partition coefficient (Wildman–Crippen LogP) is 3.28. The van der Waals surface area contributed by atoms with E-state index in [1.165, 1.54) is 25.7 Å². The summed E-state index contributed by atoms with van der Waals surface area (Å²) in [7, 11) is 0. The fourth-order valence-corrected chi connectivity index (χ4v) is 3.61. The molecular weight excluding hydrogens is 238 g/mol. The van der Waals surface area contributed by atoms with Crippen molar-refractivity contribution in [3.8, 4) is 0 Å². The Kier molecular flexibility index (Phi) is 5.68. The maximum absolute atomic E-state index is 12.2. The van der Waals surface area contributed by atoms with E-state index in [2.05, 4.69) is 19.2 Å². The summed E-state index contributed by atoms with van der Waals surface area (Å²) in [6.45, 7) is 5.27. The van der Waals surface area contributed by atoms with Crippen molar-refractivity contribution in [1.29, 1.82) is 0 Å². The molecule has 3 heteroatoms.